The van der Waals surface area contributed by atoms with Gasteiger partial charge in [0.05, 0.1) is 24.6 Å². The van der Waals surface area contributed by atoms with Crippen molar-refractivity contribution < 1.29 is 14.3 Å². The number of rotatable bonds is 6. The van der Waals surface area contributed by atoms with E-state index >= 15 is 0 Å². The van der Waals surface area contributed by atoms with Crippen molar-refractivity contribution in [2.75, 3.05) is 56.7 Å². The fraction of sp³-hybridized carbons (Fsp3) is 0.379. The van der Waals surface area contributed by atoms with Gasteiger partial charge in [-0.05, 0) is 42.5 Å². The van der Waals surface area contributed by atoms with Gasteiger partial charge in [-0.3, -0.25) is 4.79 Å². The molecule has 4 aromatic rings. The monoisotopic (exact) mass is 527 g/mol. The standard InChI is InChI=1S/C29H33N7O3/c1-19(37)35-11-9-23(10-12-35)39-25-8-5-21(17-24(25)30-2)26-27-29(32-18-31-26)34-28(33-27)20-3-6-22(7-4-20)36-13-15-38-16-14-36/h3-8,17-18,23,30H,9-16H2,1-2H3,(H,31,32,33,34). The highest BCUT2D eigenvalue weighted by Crippen LogP contribution is 2.34. The van der Waals surface area contributed by atoms with E-state index in [2.05, 4.69) is 49.4 Å². The van der Waals surface area contributed by atoms with Crippen molar-refractivity contribution in [2.24, 2.45) is 0 Å². The van der Waals surface area contributed by atoms with E-state index in [4.69, 9.17) is 14.5 Å². The summed E-state index contributed by atoms with van der Waals surface area (Å²) in [6.07, 6.45) is 3.27. The van der Waals surface area contributed by atoms with E-state index in [0.29, 0.717) is 5.65 Å². The molecule has 0 saturated carbocycles. The van der Waals surface area contributed by atoms with Gasteiger partial charge in [0.1, 0.15) is 29.5 Å². The van der Waals surface area contributed by atoms with Gasteiger partial charge in [0, 0.05) is 69.8 Å². The van der Waals surface area contributed by atoms with Crippen LogP contribution in [-0.4, -0.2) is 83.3 Å². The number of aromatic amines is 1. The van der Waals surface area contributed by atoms with Gasteiger partial charge >= 0.3 is 0 Å². The Kier molecular flexibility index (Phi) is 7.02. The molecule has 0 atom stereocenters. The molecule has 4 heterocycles. The summed E-state index contributed by atoms with van der Waals surface area (Å²) in [6.45, 7) is 6.40. The zero-order valence-corrected chi connectivity index (χ0v) is 22.3. The number of likely N-dealkylation sites (tertiary alicyclic amines) is 1. The van der Waals surface area contributed by atoms with Crippen LogP contribution in [-0.2, 0) is 9.53 Å². The lowest BCUT2D eigenvalue weighted by molar-refractivity contribution is -0.130. The highest BCUT2D eigenvalue weighted by atomic mass is 16.5. The molecule has 2 aromatic heterocycles. The lowest BCUT2D eigenvalue weighted by atomic mass is 10.1. The third-order valence-corrected chi connectivity index (χ3v) is 7.51. The largest absolute Gasteiger partial charge is 0.488 e. The average Bonchev–Trinajstić information content (AvgIpc) is 3.43. The van der Waals surface area contributed by atoms with Crippen LogP contribution in [0.1, 0.15) is 19.8 Å². The van der Waals surface area contributed by atoms with E-state index in [1.54, 1.807) is 13.3 Å². The van der Waals surface area contributed by atoms with Gasteiger partial charge in [0.2, 0.25) is 5.91 Å². The maximum atomic E-state index is 11.6. The van der Waals surface area contributed by atoms with Crippen LogP contribution in [0.4, 0.5) is 11.4 Å². The zero-order valence-electron chi connectivity index (χ0n) is 22.3. The molecule has 10 heteroatoms. The summed E-state index contributed by atoms with van der Waals surface area (Å²) in [6, 6.07) is 14.5. The fourth-order valence-electron chi connectivity index (χ4n) is 5.28. The number of carbonyl (C=O) groups excluding carboxylic acids is 1. The van der Waals surface area contributed by atoms with E-state index in [-0.39, 0.29) is 12.0 Å². The number of piperidine rings is 1. The highest BCUT2D eigenvalue weighted by molar-refractivity contribution is 5.90. The van der Waals surface area contributed by atoms with Gasteiger partial charge in [-0.2, -0.15) is 0 Å². The normalized spacial score (nSPS) is 16.5. The molecule has 1 amide bonds. The highest BCUT2D eigenvalue weighted by Gasteiger charge is 2.23. The van der Waals surface area contributed by atoms with Gasteiger partial charge in [0.15, 0.2) is 5.65 Å². The Hall–Kier alpha value is -4.18. The van der Waals surface area contributed by atoms with Crippen LogP contribution < -0.4 is 15.0 Å². The van der Waals surface area contributed by atoms with Crippen molar-refractivity contribution in [2.45, 2.75) is 25.9 Å². The summed E-state index contributed by atoms with van der Waals surface area (Å²) in [5.74, 6) is 1.67. The molecule has 6 rings (SSSR count). The van der Waals surface area contributed by atoms with E-state index in [1.807, 2.05) is 30.1 Å². The van der Waals surface area contributed by atoms with Gasteiger partial charge < -0.3 is 29.6 Å². The number of benzene rings is 2. The van der Waals surface area contributed by atoms with E-state index in [9.17, 15) is 4.79 Å². The summed E-state index contributed by atoms with van der Waals surface area (Å²) < 4.78 is 11.8. The van der Waals surface area contributed by atoms with Gasteiger partial charge in [-0.25, -0.2) is 15.0 Å². The number of ether oxygens (including phenoxy) is 2. The zero-order chi connectivity index (χ0) is 26.8. The Morgan fingerprint density at radius 1 is 1.03 bits per heavy atom. The Bertz CT molecular complexity index is 1460. The molecule has 10 nitrogen and oxygen atoms in total. The quantitative estimate of drug-likeness (QED) is 0.388. The molecule has 0 bridgehead atoms. The predicted molar refractivity (Wildman–Crippen MR) is 151 cm³/mol. The van der Waals surface area contributed by atoms with Crippen molar-refractivity contribution >= 4 is 28.4 Å². The number of amides is 1. The molecule has 0 spiro atoms. The van der Waals surface area contributed by atoms with E-state index in [0.717, 1.165) is 91.8 Å². The molecule has 202 valence electrons. The van der Waals surface area contributed by atoms with Crippen LogP contribution in [0.15, 0.2) is 48.8 Å². The topological polar surface area (TPSA) is 108 Å². The lowest BCUT2D eigenvalue weighted by Gasteiger charge is -2.32. The second-order valence-electron chi connectivity index (χ2n) is 9.94. The van der Waals surface area contributed by atoms with Gasteiger partial charge in [-0.1, -0.05) is 0 Å². The first-order chi connectivity index (χ1) is 19.1. The van der Waals surface area contributed by atoms with Crippen LogP contribution in [0.2, 0.25) is 0 Å². The van der Waals surface area contributed by atoms with Crippen LogP contribution >= 0.6 is 0 Å². The number of nitrogens with zero attached hydrogens (tertiary/aromatic N) is 5. The molecule has 0 radical (unpaired) electrons. The smallest absolute Gasteiger partial charge is 0.219 e. The second kappa shape index (κ2) is 10.9. The van der Waals surface area contributed by atoms with Crippen molar-refractivity contribution in [3.05, 3.63) is 48.8 Å². The molecule has 0 aliphatic carbocycles. The summed E-state index contributed by atoms with van der Waals surface area (Å²) in [5, 5.41) is 3.26. The first-order valence-electron chi connectivity index (χ1n) is 13.5. The lowest BCUT2D eigenvalue weighted by Crippen LogP contribution is -2.40. The van der Waals surface area contributed by atoms with Crippen LogP contribution in [0.3, 0.4) is 0 Å². The molecule has 2 saturated heterocycles. The molecule has 2 aliphatic heterocycles. The third kappa shape index (κ3) is 5.24. The van der Waals surface area contributed by atoms with E-state index < -0.39 is 0 Å². The minimum Gasteiger partial charge on any atom is -0.488 e. The first-order valence-corrected chi connectivity index (χ1v) is 13.5. The Morgan fingerprint density at radius 3 is 2.49 bits per heavy atom. The molecule has 2 aliphatic rings. The summed E-state index contributed by atoms with van der Waals surface area (Å²) in [4.78, 5) is 33.1. The summed E-state index contributed by atoms with van der Waals surface area (Å²) in [5.41, 5.74) is 6.18. The van der Waals surface area contributed by atoms with Crippen molar-refractivity contribution in [1.29, 1.82) is 0 Å². The number of anilines is 2. The molecule has 39 heavy (non-hydrogen) atoms. The minimum atomic E-state index is 0.0779. The Labute approximate surface area is 227 Å². The third-order valence-electron chi connectivity index (χ3n) is 7.51. The maximum absolute atomic E-state index is 11.6. The molecule has 2 N–H and O–H groups in total. The fourth-order valence-corrected chi connectivity index (χ4v) is 5.28. The number of hydrogen-bond donors (Lipinski definition) is 2. The Morgan fingerprint density at radius 2 is 1.77 bits per heavy atom. The molecular formula is C29H33N7O3. The van der Waals surface area contributed by atoms with Crippen LogP contribution in [0.5, 0.6) is 5.75 Å². The number of carbonyl (C=O) groups is 1. The number of morpholine rings is 1. The van der Waals surface area contributed by atoms with E-state index in [1.165, 1.54) is 5.69 Å². The summed E-state index contributed by atoms with van der Waals surface area (Å²) >= 11 is 0. The number of aromatic nitrogens is 4. The van der Waals surface area contributed by atoms with Crippen LogP contribution in [0.25, 0.3) is 33.8 Å². The molecule has 2 fully saturated rings. The number of nitrogens with one attached hydrogen (secondary N) is 2. The average molecular weight is 528 g/mol. The van der Waals surface area contributed by atoms with Gasteiger partial charge in [0.25, 0.3) is 0 Å². The number of imidazole rings is 1. The minimum absolute atomic E-state index is 0.0779. The number of hydrogen-bond acceptors (Lipinski definition) is 8. The second-order valence-corrected chi connectivity index (χ2v) is 9.94. The van der Waals surface area contributed by atoms with Crippen molar-refractivity contribution in [1.82, 2.24) is 24.8 Å². The van der Waals surface area contributed by atoms with Crippen molar-refractivity contribution in [3.63, 3.8) is 0 Å². The number of fused-ring (bicyclic) bond motifs is 1. The SMILES string of the molecule is CNc1cc(-c2ncnc3nc(-c4ccc(N5CCOCC5)cc4)[nH]c23)ccc1OC1CCN(C(C)=O)CC1. The molecular weight excluding hydrogens is 494 g/mol. The number of H-pyrrole nitrogens is 1. The Balaban J connectivity index is 1.23. The van der Waals surface area contributed by atoms with Crippen LogP contribution in [0, 0.1) is 0 Å². The molecule has 0 unspecified atom stereocenters. The maximum Gasteiger partial charge on any atom is 0.219 e. The first kappa shape index (κ1) is 25.1. The predicted octanol–water partition coefficient (Wildman–Crippen LogP) is 3.95. The van der Waals surface area contributed by atoms with Crippen molar-refractivity contribution in [3.8, 4) is 28.4 Å². The summed E-state index contributed by atoms with van der Waals surface area (Å²) in [7, 11) is 1.88. The molecule has 2 aromatic carbocycles. The van der Waals surface area contributed by atoms with Gasteiger partial charge in [-0.15, -0.1) is 0 Å².